The zero-order chi connectivity index (χ0) is 28.6. The molecule has 1 aliphatic heterocycles. The number of methoxy groups -OCH3 is 2. The van der Waals surface area contributed by atoms with Gasteiger partial charge in [0.1, 0.15) is 5.56 Å². The van der Waals surface area contributed by atoms with Crippen molar-refractivity contribution in [1.82, 2.24) is 4.90 Å². The van der Waals surface area contributed by atoms with E-state index in [-0.39, 0.29) is 29.6 Å². The summed E-state index contributed by atoms with van der Waals surface area (Å²) in [6, 6.07) is 1.17. The quantitative estimate of drug-likeness (QED) is 0.141. The van der Waals surface area contributed by atoms with Gasteiger partial charge in [-0.25, -0.2) is 0 Å². The zero-order valence-electron chi connectivity index (χ0n) is 21.5. The molecular weight excluding hydrogens is 541 g/mol. The van der Waals surface area contributed by atoms with E-state index < -0.39 is 64.7 Å². The molecule has 0 radical (unpaired) electrons. The second-order valence-electron chi connectivity index (χ2n) is 10.0. The van der Waals surface area contributed by atoms with Crippen molar-refractivity contribution in [2.24, 2.45) is 0 Å². The number of carbonyl (C=O) groups is 1. The smallest absolute Gasteiger partial charge is 0.493 e. The minimum absolute atomic E-state index is 0.0113. The minimum atomic E-state index is -5.94. The number of carbonyl (C=O) groups excluding carboxylic acids is 1. The maximum Gasteiger partial charge on any atom is 0.523 e. The van der Waals surface area contributed by atoms with Crippen molar-refractivity contribution in [1.29, 1.82) is 0 Å². The van der Waals surface area contributed by atoms with Crippen molar-refractivity contribution in [3.63, 3.8) is 0 Å². The SMILES string of the molecule is COc1cc(C(=O)N2CC(OS(=O)(=O)C(F)(F)F)C[C@H]2CO[Si](C)(C)C(C)(C)C)c([N+](=O)[O-])cc1OC. The van der Waals surface area contributed by atoms with Crippen LogP contribution in [0.4, 0.5) is 18.9 Å². The molecule has 1 heterocycles. The number of likely N-dealkylation sites (tertiary alicyclic amines) is 1. The lowest BCUT2D eigenvalue weighted by Crippen LogP contribution is -2.46. The van der Waals surface area contributed by atoms with Gasteiger partial charge in [0.05, 0.1) is 44.0 Å². The number of nitro groups is 1. The van der Waals surface area contributed by atoms with Gasteiger partial charge in [-0.2, -0.15) is 21.6 Å². The third-order valence-corrected chi connectivity index (χ3v) is 12.1. The van der Waals surface area contributed by atoms with Crippen LogP contribution in [-0.4, -0.2) is 77.5 Å². The number of rotatable bonds is 9. The van der Waals surface area contributed by atoms with E-state index in [1.54, 1.807) is 0 Å². The highest BCUT2D eigenvalue weighted by molar-refractivity contribution is 7.87. The van der Waals surface area contributed by atoms with E-state index >= 15 is 0 Å². The van der Waals surface area contributed by atoms with E-state index in [1.807, 2.05) is 33.9 Å². The van der Waals surface area contributed by atoms with Crippen LogP contribution in [0.1, 0.15) is 37.6 Å². The molecule has 1 fully saturated rings. The van der Waals surface area contributed by atoms with Gasteiger partial charge in [-0.3, -0.25) is 19.1 Å². The van der Waals surface area contributed by atoms with Gasteiger partial charge in [0.25, 0.3) is 11.6 Å². The molecule has 0 spiro atoms. The number of amides is 1. The Morgan fingerprint density at radius 2 is 1.70 bits per heavy atom. The summed E-state index contributed by atoms with van der Waals surface area (Å²) in [6.45, 7) is 9.05. The molecule has 210 valence electrons. The number of nitrogens with zero attached hydrogens (tertiary/aromatic N) is 2. The average molecular weight is 573 g/mol. The highest BCUT2D eigenvalue weighted by Gasteiger charge is 2.51. The van der Waals surface area contributed by atoms with Crippen LogP contribution in [0.2, 0.25) is 18.1 Å². The van der Waals surface area contributed by atoms with Crippen molar-refractivity contribution in [2.75, 3.05) is 27.4 Å². The van der Waals surface area contributed by atoms with Crippen molar-refractivity contribution in [3.05, 3.63) is 27.8 Å². The first-order valence-electron chi connectivity index (χ1n) is 11.1. The molecule has 0 N–H and O–H groups in total. The molecule has 1 amide bonds. The summed E-state index contributed by atoms with van der Waals surface area (Å²) in [5.74, 6) is -0.924. The van der Waals surface area contributed by atoms with Gasteiger partial charge in [-0.05, 0) is 24.6 Å². The Hall–Kier alpha value is -2.43. The van der Waals surface area contributed by atoms with Crippen molar-refractivity contribution >= 4 is 30.0 Å². The molecule has 0 aromatic heterocycles. The average Bonchev–Trinajstić information content (AvgIpc) is 3.16. The number of hydrogen-bond acceptors (Lipinski definition) is 9. The molecule has 37 heavy (non-hydrogen) atoms. The molecule has 2 atom stereocenters. The largest absolute Gasteiger partial charge is 0.523 e. The highest BCUT2D eigenvalue weighted by Crippen LogP contribution is 2.39. The number of nitro benzene ring substituents is 1. The molecule has 1 aromatic carbocycles. The molecule has 16 heteroatoms. The number of ether oxygens (including phenoxy) is 2. The first-order chi connectivity index (χ1) is 16.8. The Balaban J connectivity index is 2.49. The van der Waals surface area contributed by atoms with Crippen LogP contribution in [0.25, 0.3) is 0 Å². The van der Waals surface area contributed by atoms with Crippen LogP contribution in [0.3, 0.4) is 0 Å². The van der Waals surface area contributed by atoms with Crippen molar-refractivity contribution in [3.8, 4) is 11.5 Å². The van der Waals surface area contributed by atoms with E-state index in [2.05, 4.69) is 4.18 Å². The molecule has 2 rings (SSSR count). The summed E-state index contributed by atoms with van der Waals surface area (Å²) in [5.41, 5.74) is -6.70. The zero-order valence-corrected chi connectivity index (χ0v) is 23.4. The molecule has 0 saturated carbocycles. The van der Waals surface area contributed by atoms with E-state index in [0.717, 1.165) is 17.0 Å². The number of alkyl halides is 3. The lowest BCUT2D eigenvalue weighted by molar-refractivity contribution is -0.385. The van der Waals surface area contributed by atoms with Crippen LogP contribution in [-0.2, 0) is 18.7 Å². The lowest BCUT2D eigenvalue weighted by Gasteiger charge is -2.38. The summed E-state index contributed by atoms with van der Waals surface area (Å²) in [5, 5.41) is 11.5. The Labute approximate surface area is 214 Å². The molecule has 1 aliphatic rings. The van der Waals surface area contributed by atoms with Gasteiger partial charge in [0.2, 0.25) is 0 Å². The summed E-state index contributed by atoms with van der Waals surface area (Å²) in [7, 11) is -5.82. The van der Waals surface area contributed by atoms with Gasteiger partial charge < -0.3 is 18.8 Å². The van der Waals surface area contributed by atoms with Crippen molar-refractivity contribution in [2.45, 2.75) is 63.0 Å². The molecule has 1 saturated heterocycles. The Bertz CT molecular complexity index is 1140. The standard InChI is InChI=1S/C21H31F3N2O9SSi/c1-20(2,3)37(6,7)34-12-13-8-14(35-36(30,31)21(22,23)24)11-25(13)19(27)15-9-17(32-4)18(33-5)10-16(15)26(28)29/h9-10,13-14H,8,11-12H2,1-7H3/t13-,14?/m0/s1. The van der Waals surface area contributed by atoms with Crippen LogP contribution >= 0.6 is 0 Å². The van der Waals surface area contributed by atoms with Gasteiger partial charge in [-0.15, -0.1) is 0 Å². The van der Waals surface area contributed by atoms with Crippen LogP contribution in [0.5, 0.6) is 11.5 Å². The fourth-order valence-electron chi connectivity index (χ4n) is 3.45. The minimum Gasteiger partial charge on any atom is -0.493 e. The third-order valence-electron chi connectivity index (χ3n) is 6.55. The Kier molecular flexibility index (Phi) is 8.94. The van der Waals surface area contributed by atoms with E-state index in [0.29, 0.717) is 0 Å². The fraction of sp³-hybridized carbons (Fsp3) is 0.667. The second-order valence-corrected chi connectivity index (χ2v) is 16.4. The first-order valence-corrected chi connectivity index (χ1v) is 15.4. The molecular formula is C21H31F3N2O9SSi. The first kappa shape index (κ1) is 30.8. The summed E-state index contributed by atoms with van der Waals surface area (Å²) in [6.07, 6.45) is -1.83. The van der Waals surface area contributed by atoms with Gasteiger partial charge in [0, 0.05) is 12.6 Å². The molecule has 1 unspecified atom stereocenters. The lowest BCUT2D eigenvalue weighted by atomic mass is 10.1. The summed E-state index contributed by atoms with van der Waals surface area (Å²) >= 11 is 0. The third kappa shape index (κ3) is 6.72. The highest BCUT2D eigenvalue weighted by atomic mass is 32.2. The molecule has 0 aliphatic carbocycles. The normalized spacial score (nSPS) is 19.1. The molecule has 1 aromatic rings. The van der Waals surface area contributed by atoms with Crippen LogP contribution in [0.15, 0.2) is 12.1 Å². The number of hydrogen-bond donors (Lipinski definition) is 0. The van der Waals surface area contributed by atoms with E-state index in [4.69, 9.17) is 13.9 Å². The maximum atomic E-state index is 13.5. The van der Waals surface area contributed by atoms with Crippen LogP contribution < -0.4 is 9.47 Å². The summed E-state index contributed by atoms with van der Waals surface area (Å²) in [4.78, 5) is 25.5. The van der Waals surface area contributed by atoms with Gasteiger partial charge in [0.15, 0.2) is 19.8 Å². The monoisotopic (exact) mass is 572 g/mol. The van der Waals surface area contributed by atoms with Crippen molar-refractivity contribution < 1.29 is 49.4 Å². The van der Waals surface area contributed by atoms with Gasteiger partial charge >= 0.3 is 15.6 Å². The Morgan fingerprint density at radius 3 is 2.16 bits per heavy atom. The molecule has 0 bridgehead atoms. The van der Waals surface area contributed by atoms with Gasteiger partial charge in [-0.1, -0.05) is 20.8 Å². The predicted molar refractivity (Wildman–Crippen MR) is 129 cm³/mol. The topological polar surface area (TPSA) is 135 Å². The van der Waals surface area contributed by atoms with Crippen LogP contribution in [0, 0.1) is 10.1 Å². The Morgan fingerprint density at radius 1 is 1.16 bits per heavy atom. The predicted octanol–water partition coefficient (Wildman–Crippen LogP) is 4.08. The number of benzene rings is 1. The van der Waals surface area contributed by atoms with E-state index in [1.165, 1.54) is 14.2 Å². The summed E-state index contributed by atoms with van der Waals surface area (Å²) < 4.78 is 82.7. The van der Waals surface area contributed by atoms with E-state index in [9.17, 15) is 36.5 Å². The fourth-order valence-corrected chi connectivity index (χ4v) is 5.10. The molecule has 11 nitrogen and oxygen atoms in total. The number of halogens is 3. The second kappa shape index (κ2) is 10.7. The maximum absolute atomic E-state index is 13.5.